The zero-order valence-corrected chi connectivity index (χ0v) is 14.1. The van der Waals surface area contributed by atoms with Gasteiger partial charge >= 0.3 is 0 Å². The Hall–Kier alpha value is -1.16. The maximum absolute atomic E-state index is 5.88. The van der Waals surface area contributed by atoms with E-state index in [4.69, 9.17) is 4.74 Å². The van der Waals surface area contributed by atoms with E-state index in [1.807, 2.05) is 6.20 Å². The van der Waals surface area contributed by atoms with Crippen molar-refractivity contribution in [3.63, 3.8) is 0 Å². The van der Waals surface area contributed by atoms with E-state index in [-0.39, 0.29) is 0 Å². The fraction of sp³-hybridized carbons (Fsp3) is 0.765. The van der Waals surface area contributed by atoms with Crippen LogP contribution in [0.4, 0.5) is 0 Å². The molecule has 21 heavy (non-hydrogen) atoms. The van der Waals surface area contributed by atoms with E-state index >= 15 is 0 Å². The lowest BCUT2D eigenvalue weighted by atomic mass is 10.2. The highest BCUT2D eigenvalue weighted by atomic mass is 16.5. The number of aromatic nitrogens is 2. The molecule has 0 amide bonds. The van der Waals surface area contributed by atoms with E-state index in [0.29, 0.717) is 5.92 Å². The van der Waals surface area contributed by atoms with Gasteiger partial charge in [0.15, 0.2) is 5.75 Å². The summed E-state index contributed by atoms with van der Waals surface area (Å²) in [5, 5.41) is 3.40. The number of hydrogen-bond donors (Lipinski definition) is 1. The lowest BCUT2D eigenvalue weighted by Gasteiger charge is -2.13. The second kappa shape index (κ2) is 10.6. The summed E-state index contributed by atoms with van der Waals surface area (Å²) >= 11 is 0. The molecule has 1 N–H and O–H groups in total. The Labute approximate surface area is 129 Å². The van der Waals surface area contributed by atoms with Crippen LogP contribution in [-0.4, -0.2) is 23.1 Å². The summed E-state index contributed by atoms with van der Waals surface area (Å²) in [6, 6.07) is 0. The van der Waals surface area contributed by atoms with Crippen molar-refractivity contribution >= 4 is 0 Å². The van der Waals surface area contributed by atoms with Gasteiger partial charge in [0.25, 0.3) is 0 Å². The van der Waals surface area contributed by atoms with Gasteiger partial charge in [-0.3, -0.25) is 0 Å². The number of nitrogens with one attached hydrogen (secondary N) is 1. The smallest absolute Gasteiger partial charge is 0.160 e. The molecule has 0 fully saturated rings. The summed E-state index contributed by atoms with van der Waals surface area (Å²) in [7, 11) is 0. The average molecular weight is 293 g/mol. The average Bonchev–Trinajstić information content (AvgIpc) is 2.48. The van der Waals surface area contributed by atoms with E-state index in [2.05, 4.69) is 43.0 Å². The molecule has 1 aromatic rings. The molecule has 0 saturated heterocycles. The van der Waals surface area contributed by atoms with E-state index in [9.17, 15) is 0 Å². The van der Waals surface area contributed by atoms with Crippen molar-refractivity contribution in [2.45, 2.75) is 72.3 Å². The number of rotatable bonds is 11. The summed E-state index contributed by atoms with van der Waals surface area (Å²) in [6.45, 7) is 11.1. The molecule has 0 aromatic carbocycles. The second-order valence-electron chi connectivity index (χ2n) is 5.78. The van der Waals surface area contributed by atoms with Gasteiger partial charge < -0.3 is 10.1 Å². The van der Waals surface area contributed by atoms with Crippen LogP contribution in [0, 0.1) is 0 Å². The molecule has 0 bridgehead atoms. The SMILES string of the molecule is CCCCCCOc1cnc(C(C)C)nc1CNCCC. The largest absolute Gasteiger partial charge is 0.490 e. The van der Waals surface area contributed by atoms with Gasteiger partial charge in [0, 0.05) is 12.5 Å². The maximum atomic E-state index is 5.88. The van der Waals surface area contributed by atoms with Crippen LogP contribution < -0.4 is 10.1 Å². The minimum Gasteiger partial charge on any atom is -0.490 e. The highest BCUT2D eigenvalue weighted by Crippen LogP contribution is 2.19. The molecular weight excluding hydrogens is 262 g/mol. The highest BCUT2D eigenvalue weighted by Gasteiger charge is 2.10. The van der Waals surface area contributed by atoms with Crippen LogP contribution in [0.25, 0.3) is 0 Å². The number of unbranched alkanes of at least 4 members (excludes halogenated alkanes) is 3. The summed E-state index contributed by atoms with van der Waals surface area (Å²) in [6.07, 6.45) is 7.81. The van der Waals surface area contributed by atoms with Gasteiger partial charge in [0.1, 0.15) is 5.82 Å². The van der Waals surface area contributed by atoms with Gasteiger partial charge in [0.05, 0.1) is 18.5 Å². The lowest BCUT2D eigenvalue weighted by Crippen LogP contribution is -2.17. The number of ether oxygens (including phenoxy) is 1. The Morgan fingerprint density at radius 1 is 1.14 bits per heavy atom. The molecule has 120 valence electrons. The van der Waals surface area contributed by atoms with Gasteiger partial charge in [-0.25, -0.2) is 9.97 Å². The zero-order valence-electron chi connectivity index (χ0n) is 14.1. The van der Waals surface area contributed by atoms with Crippen molar-refractivity contribution in [1.29, 1.82) is 0 Å². The predicted molar refractivity (Wildman–Crippen MR) is 87.8 cm³/mol. The monoisotopic (exact) mass is 293 g/mol. The Kier molecular flexibility index (Phi) is 8.99. The summed E-state index contributed by atoms with van der Waals surface area (Å²) in [4.78, 5) is 9.08. The fourth-order valence-corrected chi connectivity index (χ4v) is 2.04. The highest BCUT2D eigenvalue weighted by molar-refractivity contribution is 5.25. The molecule has 1 heterocycles. The van der Waals surface area contributed by atoms with Gasteiger partial charge in [-0.2, -0.15) is 0 Å². The van der Waals surface area contributed by atoms with Crippen molar-refractivity contribution < 1.29 is 4.74 Å². The van der Waals surface area contributed by atoms with Crippen LogP contribution in [0.1, 0.15) is 77.2 Å². The third-order valence-corrected chi connectivity index (χ3v) is 3.34. The first-order chi connectivity index (χ1) is 10.2. The Balaban J connectivity index is 2.61. The topological polar surface area (TPSA) is 47.0 Å². The quantitative estimate of drug-likeness (QED) is 0.625. The molecule has 0 atom stereocenters. The second-order valence-corrected chi connectivity index (χ2v) is 5.78. The minimum absolute atomic E-state index is 0.341. The van der Waals surface area contributed by atoms with Crippen LogP contribution >= 0.6 is 0 Å². The molecule has 4 nitrogen and oxygen atoms in total. The number of nitrogens with zero attached hydrogens (tertiary/aromatic N) is 2. The molecule has 0 aliphatic carbocycles. The molecule has 0 aliphatic rings. The fourth-order valence-electron chi connectivity index (χ4n) is 2.04. The van der Waals surface area contributed by atoms with Crippen molar-refractivity contribution in [1.82, 2.24) is 15.3 Å². The molecule has 0 saturated carbocycles. The molecule has 4 heteroatoms. The molecule has 1 rings (SSSR count). The summed E-state index contributed by atoms with van der Waals surface area (Å²) < 4.78 is 5.88. The first-order valence-corrected chi connectivity index (χ1v) is 8.38. The Bertz CT molecular complexity index is 394. The van der Waals surface area contributed by atoms with E-state index in [1.165, 1.54) is 19.3 Å². The van der Waals surface area contributed by atoms with E-state index < -0.39 is 0 Å². The van der Waals surface area contributed by atoms with E-state index in [0.717, 1.165) is 49.8 Å². The third kappa shape index (κ3) is 6.89. The first-order valence-electron chi connectivity index (χ1n) is 8.38. The van der Waals surface area contributed by atoms with Gasteiger partial charge in [0.2, 0.25) is 0 Å². The van der Waals surface area contributed by atoms with Crippen molar-refractivity contribution in [2.75, 3.05) is 13.2 Å². The summed E-state index contributed by atoms with van der Waals surface area (Å²) in [5.41, 5.74) is 0.984. The molecule has 0 radical (unpaired) electrons. The standard InChI is InChI=1S/C17H31N3O/c1-5-7-8-9-11-21-16-13-19-17(14(3)4)20-15(16)12-18-10-6-2/h13-14,18H,5-12H2,1-4H3. The van der Waals surface area contributed by atoms with Crippen molar-refractivity contribution in [3.8, 4) is 5.75 Å². The van der Waals surface area contributed by atoms with Gasteiger partial charge in [-0.15, -0.1) is 0 Å². The molecule has 0 spiro atoms. The third-order valence-electron chi connectivity index (χ3n) is 3.34. The minimum atomic E-state index is 0.341. The van der Waals surface area contributed by atoms with Crippen LogP contribution in [0.2, 0.25) is 0 Å². The Morgan fingerprint density at radius 2 is 1.95 bits per heavy atom. The Morgan fingerprint density at radius 3 is 2.62 bits per heavy atom. The lowest BCUT2D eigenvalue weighted by molar-refractivity contribution is 0.297. The molecule has 0 unspecified atom stereocenters. The number of hydrogen-bond acceptors (Lipinski definition) is 4. The van der Waals surface area contributed by atoms with Crippen LogP contribution in [0.3, 0.4) is 0 Å². The first kappa shape index (κ1) is 17.9. The zero-order chi connectivity index (χ0) is 15.5. The maximum Gasteiger partial charge on any atom is 0.160 e. The van der Waals surface area contributed by atoms with Gasteiger partial charge in [-0.05, 0) is 19.4 Å². The van der Waals surface area contributed by atoms with Crippen molar-refractivity contribution in [2.24, 2.45) is 0 Å². The van der Waals surface area contributed by atoms with E-state index in [1.54, 1.807) is 0 Å². The molecular formula is C17H31N3O. The van der Waals surface area contributed by atoms with Crippen LogP contribution in [0.5, 0.6) is 5.75 Å². The van der Waals surface area contributed by atoms with Crippen LogP contribution in [-0.2, 0) is 6.54 Å². The van der Waals surface area contributed by atoms with Crippen LogP contribution in [0.15, 0.2) is 6.20 Å². The molecule has 0 aliphatic heterocycles. The van der Waals surface area contributed by atoms with Crippen molar-refractivity contribution in [3.05, 3.63) is 17.7 Å². The predicted octanol–water partition coefficient (Wildman–Crippen LogP) is 4.06. The molecule has 1 aromatic heterocycles. The normalized spacial score (nSPS) is 11.1. The van der Waals surface area contributed by atoms with Gasteiger partial charge in [-0.1, -0.05) is 47.0 Å². The summed E-state index contributed by atoms with van der Waals surface area (Å²) in [5.74, 6) is 2.06.